The van der Waals surface area contributed by atoms with Crippen LogP contribution in [0.2, 0.25) is 0 Å². The summed E-state index contributed by atoms with van der Waals surface area (Å²) >= 11 is 0. The molecule has 1 aliphatic rings. The fourth-order valence-electron chi connectivity index (χ4n) is 3.25. The van der Waals surface area contributed by atoms with Crippen LogP contribution >= 0.6 is 12.4 Å². The van der Waals surface area contributed by atoms with Crippen LogP contribution in [0.1, 0.15) is 32.3 Å². The van der Waals surface area contributed by atoms with E-state index in [1.54, 1.807) is 7.11 Å². The molecule has 1 aromatic rings. The first-order chi connectivity index (χ1) is 10.2. The molecule has 1 fully saturated rings. The molecule has 0 amide bonds. The summed E-state index contributed by atoms with van der Waals surface area (Å²) in [6.07, 6.45) is 3.76. The van der Waals surface area contributed by atoms with Gasteiger partial charge in [-0.3, -0.25) is 0 Å². The summed E-state index contributed by atoms with van der Waals surface area (Å²) in [7, 11) is 1.72. The minimum atomic E-state index is 0. The molecule has 1 aromatic carbocycles. The van der Waals surface area contributed by atoms with Crippen LogP contribution in [-0.4, -0.2) is 44.2 Å². The molecular formula is C18H31ClN2O. The number of likely N-dealkylation sites (N-methyl/N-ethyl adjacent to an activating group) is 1. The molecular weight excluding hydrogens is 296 g/mol. The molecule has 0 aliphatic carbocycles. The molecule has 1 aliphatic heterocycles. The standard InChI is InChI=1S/C18H30N2O.ClH/c1-4-20(14-17-9-11-19-12-10-17)15(2)13-16-5-7-18(21-3)8-6-16;/h5-8,15,17,19H,4,9-14H2,1-3H3;1H. The summed E-state index contributed by atoms with van der Waals surface area (Å²) in [4.78, 5) is 2.64. The molecule has 1 N–H and O–H groups in total. The zero-order valence-electron chi connectivity index (χ0n) is 14.2. The van der Waals surface area contributed by atoms with Crippen molar-refractivity contribution in [1.82, 2.24) is 10.2 Å². The molecule has 0 saturated carbocycles. The van der Waals surface area contributed by atoms with Crippen LogP contribution in [0.3, 0.4) is 0 Å². The number of nitrogens with zero attached hydrogens (tertiary/aromatic N) is 1. The van der Waals surface area contributed by atoms with Gasteiger partial charge in [0.1, 0.15) is 5.75 Å². The number of piperidine rings is 1. The van der Waals surface area contributed by atoms with Gasteiger partial charge in [-0.2, -0.15) is 0 Å². The van der Waals surface area contributed by atoms with Gasteiger partial charge in [0.15, 0.2) is 0 Å². The van der Waals surface area contributed by atoms with Crippen LogP contribution in [0.15, 0.2) is 24.3 Å². The first-order valence-electron chi connectivity index (χ1n) is 8.30. The third-order valence-electron chi connectivity index (χ3n) is 4.67. The molecule has 0 bridgehead atoms. The average molecular weight is 327 g/mol. The third-order valence-corrected chi connectivity index (χ3v) is 4.67. The SMILES string of the molecule is CCN(CC1CCNCC1)C(C)Cc1ccc(OC)cc1.Cl. The number of nitrogens with one attached hydrogen (secondary N) is 1. The van der Waals surface area contributed by atoms with Crippen molar-refractivity contribution in [1.29, 1.82) is 0 Å². The van der Waals surface area contributed by atoms with Gasteiger partial charge in [-0.05, 0) is 69.4 Å². The van der Waals surface area contributed by atoms with Crippen molar-refractivity contribution in [2.45, 2.75) is 39.2 Å². The fraction of sp³-hybridized carbons (Fsp3) is 0.667. The summed E-state index contributed by atoms with van der Waals surface area (Å²) in [5, 5.41) is 3.46. The molecule has 0 radical (unpaired) electrons. The summed E-state index contributed by atoms with van der Waals surface area (Å²) < 4.78 is 5.23. The van der Waals surface area contributed by atoms with Gasteiger partial charge in [0, 0.05) is 12.6 Å². The van der Waals surface area contributed by atoms with Gasteiger partial charge >= 0.3 is 0 Å². The zero-order chi connectivity index (χ0) is 15.1. The summed E-state index contributed by atoms with van der Waals surface area (Å²) in [6.45, 7) is 9.40. The summed E-state index contributed by atoms with van der Waals surface area (Å²) in [5.41, 5.74) is 1.40. The van der Waals surface area contributed by atoms with Gasteiger partial charge in [0.05, 0.1) is 7.11 Å². The minimum absolute atomic E-state index is 0. The molecule has 126 valence electrons. The van der Waals surface area contributed by atoms with Crippen molar-refractivity contribution >= 4 is 12.4 Å². The van der Waals surface area contributed by atoms with Gasteiger partial charge in [-0.25, -0.2) is 0 Å². The number of benzene rings is 1. The number of methoxy groups -OCH3 is 1. The van der Waals surface area contributed by atoms with E-state index in [4.69, 9.17) is 4.74 Å². The maximum atomic E-state index is 5.23. The molecule has 3 nitrogen and oxygen atoms in total. The van der Waals surface area contributed by atoms with E-state index in [2.05, 4.69) is 48.3 Å². The highest BCUT2D eigenvalue weighted by molar-refractivity contribution is 5.85. The van der Waals surface area contributed by atoms with Gasteiger partial charge in [-0.1, -0.05) is 19.1 Å². The number of hydrogen-bond acceptors (Lipinski definition) is 3. The van der Waals surface area contributed by atoms with Crippen molar-refractivity contribution in [3.63, 3.8) is 0 Å². The second-order valence-electron chi connectivity index (χ2n) is 6.18. The van der Waals surface area contributed by atoms with Crippen molar-refractivity contribution in [2.75, 3.05) is 33.3 Å². The average Bonchev–Trinajstić information content (AvgIpc) is 2.54. The lowest BCUT2D eigenvalue weighted by atomic mass is 9.96. The summed E-state index contributed by atoms with van der Waals surface area (Å²) in [6, 6.07) is 9.09. The third kappa shape index (κ3) is 5.79. The van der Waals surface area contributed by atoms with Crippen LogP contribution in [0.4, 0.5) is 0 Å². The van der Waals surface area contributed by atoms with Crippen LogP contribution in [0.5, 0.6) is 5.75 Å². The molecule has 1 unspecified atom stereocenters. The van der Waals surface area contributed by atoms with Crippen molar-refractivity contribution in [3.8, 4) is 5.75 Å². The first-order valence-corrected chi connectivity index (χ1v) is 8.30. The van der Waals surface area contributed by atoms with Crippen LogP contribution < -0.4 is 10.1 Å². The lowest BCUT2D eigenvalue weighted by molar-refractivity contribution is 0.167. The van der Waals surface area contributed by atoms with E-state index in [0.717, 1.165) is 24.6 Å². The molecule has 1 saturated heterocycles. The monoisotopic (exact) mass is 326 g/mol. The first kappa shape index (κ1) is 19.3. The topological polar surface area (TPSA) is 24.5 Å². The Morgan fingerprint density at radius 2 is 1.86 bits per heavy atom. The van der Waals surface area contributed by atoms with Crippen molar-refractivity contribution in [3.05, 3.63) is 29.8 Å². The Kier molecular flexibility index (Phi) is 8.84. The van der Waals surface area contributed by atoms with E-state index in [9.17, 15) is 0 Å². The highest BCUT2D eigenvalue weighted by atomic mass is 35.5. The number of ether oxygens (including phenoxy) is 1. The maximum absolute atomic E-state index is 5.23. The minimum Gasteiger partial charge on any atom is -0.497 e. The zero-order valence-corrected chi connectivity index (χ0v) is 15.0. The van der Waals surface area contributed by atoms with Crippen LogP contribution in [-0.2, 0) is 6.42 Å². The van der Waals surface area contributed by atoms with E-state index in [1.165, 1.54) is 38.0 Å². The Balaban J connectivity index is 0.00000242. The Morgan fingerprint density at radius 3 is 2.41 bits per heavy atom. The van der Waals surface area contributed by atoms with Crippen molar-refractivity contribution in [2.24, 2.45) is 5.92 Å². The lowest BCUT2D eigenvalue weighted by Gasteiger charge is -2.33. The Morgan fingerprint density at radius 1 is 1.23 bits per heavy atom. The molecule has 4 heteroatoms. The van der Waals surface area contributed by atoms with E-state index in [1.807, 2.05) is 0 Å². The van der Waals surface area contributed by atoms with E-state index in [0.29, 0.717) is 6.04 Å². The molecule has 2 rings (SSSR count). The number of rotatable bonds is 7. The quantitative estimate of drug-likeness (QED) is 0.831. The van der Waals surface area contributed by atoms with Gasteiger partial charge in [0.25, 0.3) is 0 Å². The highest BCUT2D eigenvalue weighted by Crippen LogP contribution is 2.18. The van der Waals surface area contributed by atoms with E-state index < -0.39 is 0 Å². The predicted octanol–water partition coefficient (Wildman–Crippen LogP) is 3.37. The van der Waals surface area contributed by atoms with Gasteiger partial charge in [-0.15, -0.1) is 12.4 Å². The smallest absolute Gasteiger partial charge is 0.118 e. The maximum Gasteiger partial charge on any atom is 0.118 e. The largest absolute Gasteiger partial charge is 0.497 e. The Labute approximate surface area is 141 Å². The van der Waals surface area contributed by atoms with Crippen molar-refractivity contribution < 1.29 is 4.74 Å². The molecule has 1 heterocycles. The molecule has 22 heavy (non-hydrogen) atoms. The predicted molar refractivity (Wildman–Crippen MR) is 96.2 cm³/mol. The normalized spacial score (nSPS) is 17.1. The van der Waals surface area contributed by atoms with Crippen LogP contribution in [0, 0.1) is 5.92 Å². The Hall–Kier alpha value is -0.770. The molecule has 0 aromatic heterocycles. The van der Waals surface area contributed by atoms with E-state index >= 15 is 0 Å². The lowest BCUT2D eigenvalue weighted by Crippen LogP contribution is -2.41. The number of hydrogen-bond donors (Lipinski definition) is 1. The second kappa shape index (κ2) is 10.1. The summed E-state index contributed by atoms with van der Waals surface area (Å²) in [5.74, 6) is 1.80. The second-order valence-corrected chi connectivity index (χ2v) is 6.18. The van der Waals surface area contributed by atoms with E-state index in [-0.39, 0.29) is 12.4 Å². The molecule has 0 spiro atoms. The highest BCUT2D eigenvalue weighted by Gasteiger charge is 2.19. The van der Waals surface area contributed by atoms with Crippen LogP contribution in [0.25, 0.3) is 0 Å². The van der Waals surface area contributed by atoms with Gasteiger partial charge in [0.2, 0.25) is 0 Å². The van der Waals surface area contributed by atoms with Gasteiger partial charge < -0.3 is 15.0 Å². The fourth-order valence-corrected chi connectivity index (χ4v) is 3.25. The Bertz CT molecular complexity index is 404. The number of halogens is 1. The molecule has 1 atom stereocenters.